The molecule has 142 valence electrons. The van der Waals surface area contributed by atoms with Crippen LogP contribution in [0.3, 0.4) is 0 Å². The summed E-state index contributed by atoms with van der Waals surface area (Å²) in [5.41, 5.74) is 2.35. The Hall–Kier alpha value is -2.47. The van der Waals surface area contributed by atoms with Gasteiger partial charge in [-0.05, 0) is 38.3 Å². The number of para-hydroxylation sites is 1. The molecule has 1 spiro atoms. The van der Waals surface area contributed by atoms with Crippen LogP contribution in [0.2, 0.25) is 0 Å². The van der Waals surface area contributed by atoms with E-state index in [1.165, 1.54) is 5.69 Å². The SMILES string of the molecule is Cc1cnc(C(=O)N2CCC3(CC2)C[C@@H](N(C)c2ccccc2)CO3)cn1. The Balaban J connectivity index is 1.36. The molecule has 6 nitrogen and oxygen atoms in total. The molecule has 2 aliphatic rings. The van der Waals surface area contributed by atoms with E-state index >= 15 is 0 Å². The lowest BCUT2D eigenvalue weighted by molar-refractivity contribution is -0.0389. The van der Waals surface area contributed by atoms with E-state index in [-0.39, 0.29) is 11.5 Å². The van der Waals surface area contributed by atoms with Crippen LogP contribution in [0.1, 0.15) is 35.4 Å². The first-order valence-electron chi connectivity index (χ1n) is 9.56. The van der Waals surface area contributed by atoms with E-state index in [1.807, 2.05) is 17.9 Å². The van der Waals surface area contributed by atoms with Crippen molar-refractivity contribution in [1.82, 2.24) is 14.9 Å². The van der Waals surface area contributed by atoms with Crippen molar-refractivity contribution < 1.29 is 9.53 Å². The number of aryl methyl sites for hydroxylation is 1. The van der Waals surface area contributed by atoms with Crippen LogP contribution in [0.5, 0.6) is 0 Å². The first-order valence-corrected chi connectivity index (χ1v) is 9.56. The van der Waals surface area contributed by atoms with Crippen molar-refractivity contribution in [3.8, 4) is 0 Å². The van der Waals surface area contributed by atoms with Gasteiger partial charge in [-0.15, -0.1) is 0 Å². The minimum atomic E-state index is -0.108. The molecule has 1 amide bonds. The molecule has 2 aromatic rings. The molecular formula is C21H26N4O2. The van der Waals surface area contributed by atoms with Crippen molar-refractivity contribution in [3.63, 3.8) is 0 Å². The lowest BCUT2D eigenvalue weighted by atomic mass is 9.87. The molecule has 4 rings (SSSR count). The second-order valence-corrected chi connectivity index (χ2v) is 7.63. The average molecular weight is 366 g/mol. The molecule has 27 heavy (non-hydrogen) atoms. The molecular weight excluding hydrogens is 340 g/mol. The van der Waals surface area contributed by atoms with Gasteiger partial charge in [-0.25, -0.2) is 4.98 Å². The first kappa shape index (κ1) is 17.9. The summed E-state index contributed by atoms with van der Waals surface area (Å²) in [6.07, 6.45) is 5.96. The van der Waals surface area contributed by atoms with Gasteiger partial charge in [-0.1, -0.05) is 18.2 Å². The molecule has 3 heterocycles. The fraction of sp³-hybridized carbons (Fsp3) is 0.476. The van der Waals surface area contributed by atoms with Crippen LogP contribution in [0.25, 0.3) is 0 Å². The molecule has 0 bridgehead atoms. The number of rotatable bonds is 3. The summed E-state index contributed by atoms with van der Waals surface area (Å²) in [6, 6.07) is 10.8. The van der Waals surface area contributed by atoms with Gasteiger partial charge in [0.1, 0.15) is 5.69 Å². The molecule has 0 saturated carbocycles. The molecule has 1 aromatic carbocycles. The van der Waals surface area contributed by atoms with E-state index < -0.39 is 0 Å². The largest absolute Gasteiger partial charge is 0.373 e. The fourth-order valence-corrected chi connectivity index (χ4v) is 4.07. The highest BCUT2D eigenvalue weighted by molar-refractivity contribution is 5.92. The van der Waals surface area contributed by atoms with Gasteiger partial charge in [0.05, 0.1) is 30.1 Å². The minimum absolute atomic E-state index is 0.0340. The first-order chi connectivity index (χ1) is 13.1. The number of carbonyl (C=O) groups is 1. The highest BCUT2D eigenvalue weighted by atomic mass is 16.5. The maximum Gasteiger partial charge on any atom is 0.274 e. The smallest absolute Gasteiger partial charge is 0.274 e. The van der Waals surface area contributed by atoms with Gasteiger partial charge in [0.2, 0.25) is 0 Å². The second kappa shape index (κ2) is 7.27. The lowest BCUT2D eigenvalue weighted by Crippen LogP contribution is -2.47. The predicted molar refractivity (Wildman–Crippen MR) is 104 cm³/mol. The second-order valence-electron chi connectivity index (χ2n) is 7.63. The number of nitrogens with zero attached hydrogens (tertiary/aromatic N) is 4. The van der Waals surface area contributed by atoms with E-state index in [0.29, 0.717) is 24.8 Å². The standard InChI is InChI=1S/C21H26N4O2/c1-16-13-23-19(14-22-16)20(26)25-10-8-21(9-11-25)12-18(15-27-21)24(2)17-6-4-3-5-7-17/h3-7,13-14,18H,8-12,15H2,1-2H3/t18-/m1/s1. The van der Waals surface area contributed by atoms with Gasteiger partial charge in [0.25, 0.3) is 5.91 Å². The van der Waals surface area contributed by atoms with Crippen LogP contribution in [0, 0.1) is 6.92 Å². The Bertz CT molecular complexity index is 786. The van der Waals surface area contributed by atoms with Gasteiger partial charge < -0.3 is 14.5 Å². The summed E-state index contributed by atoms with van der Waals surface area (Å²) in [5, 5.41) is 0. The zero-order valence-corrected chi connectivity index (χ0v) is 16.0. The zero-order chi connectivity index (χ0) is 18.9. The van der Waals surface area contributed by atoms with Crippen molar-refractivity contribution in [2.75, 3.05) is 31.6 Å². The number of piperidine rings is 1. The molecule has 1 aromatic heterocycles. The quantitative estimate of drug-likeness (QED) is 0.836. The Labute approximate surface area is 160 Å². The normalized spacial score (nSPS) is 21.4. The lowest BCUT2D eigenvalue weighted by Gasteiger charge is -2.38. The number of hydrogen-bond acceptors (Lipinski definition) is 5. The van der Waals surface area contributed by atoms with Gasteiger partial charge >= 0.3 is 0 Å². The zero-order valence-electron chi connectivity index (χ0n) is 16.0. The number of amides is 1. The van der Waals surface area contributed by atoms with Crippen LogP contribution in [-0.4, -0.2) is 59.2 Å². The molecule has 0 aliphatic carbocycles. The number of benzene rings is 1. The topological polar surface area (TPSA) is 58.6 Å². The van der Waals surface area contributed by atoms with Crippen molar-refractivity contribution in [1.29, 1.82) is 0 Å². The van der Waals surface area contributed by atoms with Crippen LogP contribution in [0.15, 0.2) is 42.7 Å². The number of ether oxygens (including phenoxy) is 1. The van der Waals surface area contributed by atoms with Crippen molar-refractivity contribution >= 4 is 11.6 Å². The van der Waals surface area contributed by atoms with E-state index in [0.717, 1.165) is 31.6 Å². The van der Waals surface area contributed by atoms with Crippen molar-refractivity contribution in [2.45, 2.75) is 37.8 Å². The van der Waals surface area contributed by atoms with E-state index in [4.69, 9.17) is 4.74 Å². The highest BCUT2D eigenvalue weighted by Gasteiger charge is 2.44. The number of likely N-dealkylation sites (tertiary alicyclic amines) is 1. The van der Waals surface area contributed by atoms with Gasteiger partial charge in [0, 0.05) is 32.0 Å². The predicted octanol–water partition coefficient (Wildman–Crippen LogP) is 2.69. The van der Waals surface area contributed by atoms with Crippen LogP contribution in [0.4, 0.5) is 5.69 Å². The van der Waals surface area contributed by atoms with Crippen LogP contribution < -0.4 is 4.90 Å². The molecule has 2 aliphatic heterocycles. The average Bonchev–Trinajstić information content (AvgIpc) is 3.12. The number of likely N-dealkylation sites (N-methyl/N-ethyl adjacent to an activating group) is 1. The van der Waals surface area contributed by atoms with Crippen molar-refractivity contribution in [2.24, 2.45) is 0 Å². The summed E-state index contributed by atoms with van der Waals surface area (Å²) in [7, 11) is 2.14. The van der Waals surface area contributed by atoms with Gasteiger partial charge in [0.15, 0.2) is 0 Å². The molecule has 0 radical (unpaired) electrons. The number of hydrogen-bond donors (Lipinski definition) is 0. The van der Waals surface area contributed by atoms with Gasteiger partial charge in [-0.3, -0.25) is 9.78 Å². The van der Waals surface area contributed by atoms with Gasteiger partial charge in [-0.2, -0.15) is 0 Å². The van der Waals surface area contributed by atoms with Crippen LogP contribution in [-0.2, 0) is 4.74 Å². The van der Waals surface area contributed by atoms with E-state index in [1.54, 1.807) is 12.4 Å². The molecule has 0 N–H and O–H groups in total. The molecule has 2 saturated heterocycles. The summed E-state index contributed by atoms with van der Waals surface area (Å²) < 4.78 is 6.28. The van der Waals surface area contributed by atoms with Crippen LogP contribution >= 0.6 is 0 Å². The molecule has 6 heteroatoms. The monoisotopic (exact) mass is 366 g/mol. The molecule has 0 unspecified atom stereocenters. The Morgan fingerprint density at radius 1 is 1.19 bits per heavy atom. The Morgan fingerprint density at radius 3 is 2.59 bits per heavy atom. The fourth-order valence-electron chi connectivity index (χ4n) is 4.07. The number of aromatic nitrogens is 2. The molecule has 2 fully saturated rings. The third-order valence-corrected chi connectivity index (χ3v) is 5.86. The third-order valence-electron chi connectivity index (χ3n) is 5.86. The summed E-state index contributed by atoms with van der Waals surface area (Å²) in [4.78, 5) is 25.2. The maximum absolute atomic E-state index is 12.6. The molecule has 1 atom stereocenters. The Morgan fingerprint density at radius 2 is 1.93 bits per heavy atom. The minimum Gasteiger partial charge on any atom is -0.373 e. The maximum atomic E-state index is 12.6. The summed E-state index contributed by atoms with van der Waals surface area (Å²) >= 11 is 0. The number of carbonyl (C=O) groups excluding carboxylic acids is 1. The van der Waals surface area contributed by atoms with E-state index in [9.17, 15) is 4.79 Å². The number of anilines is 1. The van der Waals surface area contributed by atoms with E-state index in [2.05, 4.69) is 46.2 Å². The summed E-state index contributed by atoms with van der Waals surface area (Å²) in [6.45, 7) is 4.02. The third kappa shape index (κ3) is 3.67. The summed E-state index contributed by atoms with van der Waals surface area (Å²) in [5.74, 6) is -0.0340. The Kier molecular flexibility index (Phi) is 4.83. The van der Waals surface area contributed by atoms with Crippen molar-refractivity contribution in [3.05, 3.63) is 54.1 Å². The highest BCUT2D eigenvalue weighted by Crippen LogP contribution is 2.38.